The Bertz CT molecular complexity index is 1260. The van der Waals surface area contributed by atoms with Crippen LogP contribution in [0.25, 0.3) is 0 Å². The number of anilines is 2. The number of benzene rings is 2. The normalized spacial score (nSPS) is 24.0. The van der Waals surface area contributed by atoms with Gasteiger partial charge in [-0.25, -0.2) is 4.90 Å². The third-order valence-corrected chi connectivity index (χ3v) is 7.09. The standard InChI is InChI=1S/C28H28N2O5/c1-16-7-8-23-24(12-16)27(33)30(26(23)32)20-5-4-6-22(14-20)35-28(34)19-13-25(31)29(15-19)21-10-17(2)9-18(3)11-21/h4-7,9-11,14,19,23-24H,8,12-13,15H2,1-3H3. The van der Waals surface area contributed by atoms with Crippen molar-refractivity contribution in [2.24, 2.45) is 17.8 Å². The highest BCUT2D eigenvalue weighted by atomic mass is 16.5. The van der Waals surface area contributed by atoms with Gasteiger partial charge in [-0.15, -0.1) is 0 Å². The van der Waals surface area contributed by atoms with E-state index in [4.69, 9.17) is 4.74 Å². The monoisotopic (exact) mass is 472 g/mol. The van der Waals surface area contributed by atoms with Gasteiger partial charge in [-0.3, -0.25) is 19.2 Å². The van der Waals surface area contributed by atoms with E-state index in [-0.39, 0.29) is 48.3 Å². The smallest absolute Gasteiger partial charge is 0.316 e. The number of carbonyl (C=O) groups excluding carboxylic acids is 4. The third kappa shape index (κ3) is 4.27. The van der Waals surface area contributed by atoms with E-state index < -0.39 is 11.9 Å². The van der Waals surface area contributed by atoms with Crippen LogP contribution < -0.4 is 14.5 Å². The van der Waals surface area contributed by atoms with Gasteiger partial charge in [0.25, 0.3) is 0 Å². The van der Waals surface area contributed by atoms with Crippen LogP contribution in [0.4, 0.5) is 11.4 Å². The molecule has 3 aliphatic rings. The molecule has 2 aromatic carbocycles. The molecule has 3 atom stereocenters. The minimum atomic E-state index is -0.598. The zero-order chi connectivity index (χ0) is 24.9. The lowest BCUT2D eigenvalue weighted by molar-refractivity contribution is -0.139. The van der Waals surface area contributed by atoms with E-state index in [1.54, 1.807) is 29.2 Å². The molecule has 1 aliphatic carbocycles. The Hall–Kier alpha value is -3.74. The first-order chi connectivity index (χ1) is 16.7. The second-order valence-electron chi connectivity index (χ2n) is 9.88. The highest BCUT2D eigenvalue weighted by Crippen LogP contribution is 2.40. The number of carbonyl (C=O) groups is 4. The number of esters is 1. The number of hydrogen-bond acceptors (Lipinski definition) is 5. The number of imide groups is 1. The van der Waals surface area contributed by atoms with Gasteiger partial charge in [0.15, 0.2) is 0 Å². The van der Waals surface area contributed by atoms with Crippen LogP contribution in [0.15, 0.2) is 54.1 Å². The quantitative estimate of drug-likeness (QED) is 0.289. The topological polar surface area (TPSA) is 84.0 Å². The summed E-state index contributed by atoms with van der Waals surface area (Å²) in [7, 11) is 0. The van der Waals surface area contributed by atoms with Crippen LogP contribution in [0.5, 0.6) is 5.75 Å². The highest BCUT2D eigenvalue weighted by molar-refractivity contribution is 6.22. The lowest BCUT2D eigenvalue weighted by Crippen LogP contribution is -2.31. The SMILES string of the molecule is CC1=CCC2C(=O)N(c3cccc(OC(=O)C4CC(=O)N(c5cc(C)cc(C)c5)C4)c3)C(=O)C2C1. The van der Waals surface area contributed by atoms with Crippen molar-refractivity contribution < 1.29 is 23.9 Å². The average Bonchev–Trinajstić information content (AvgIpc) is 3.31. The van der Waals surface area contributed by atoms with E-state index in [1.807, 2.05) is 45.0 Å². The second-order valence-corrected chi connectivity index (χ2v) is 9.88. The molecule has 3 amide bonds. The average molecular weight is 473 g/mol. The first-order valence-corrected chi connectivity index (χ1v) is 11.9. The van der Waals surface area contributed by atoms with Crippen molar-refractivity contribution in [3.05, 3.63) is 65.2 Å². The fourth-order valence-corrected chi connectivity index (χ4v) is 5.40. The third-order valence-electron chi connectivity index (χ3n) is 7.09. The summed E-state index contributed by atoms with van der Waals surface area (Å²) in [6.07, 6.45) is 3.26. The predicted molar refractivity (Wildman–Crippen MR) is 131 cm³/mol. The lowest BCUT2D eigenvalue weighted by Gasteiger charge is -2.19. The van der Waals surface area contributed by atoms with Crippen molar-refractivity contribution in [1.29, 1.82) is 0 Å². The van der Waals surface area contributed by atoms with Crippen LogP contribution in [-0.4, -0.2) is 30.2 Å². The Morgan fingerprint density at radius 3 is 2.34 bits per heavy atom. The summed E-state index contributed by atoms with van der Waals surface area (Å²) in [5, 5.41) is 0. The maximum absolute atomic E-state index is 13.0. The molecule has 180 valence electrons. The van der Waals surface area contributed by atoms with Gasteiger partial charge in [0.1, 0.15) is 5.75 Å². The number of aryl methyl sites for hydroxylation is 2. The van der Waals surface area contributed by atoms with Crippen molar-refractivity contribution in [2.75, 3.05) is 16.3 Å². The molecule has 0 bridgehead atoms. The van der Waals surface area contributed by atoms with Crippen LogP contribution >= 0.6 is 0 Å². The van der Waals surface area contributed by atoms with Gasteiger partial charge < -0.3 is 9.64 Å². The maximum atomic E-state index is 13.0. The number of ether oxygens (including phenoxy) is 1. The first kappa shape index (κ1) is 23.0. The lowest BCUT2D eigenvalue weighted by atomic mass is 9.82. The Balaban J connectivity index is 1.30. The fourth-order valence-electron chi connectivity index (χ4n) is 5.40. The summed E-state index contributed by atoms with van der Waals surface area (Å²) < 4.78 is 5.61. The molecule has 5 rings (SSSR count). The van der Waals surface area contributed by atoms with Crippen molar-refractivity contribution in [3.63, 3.8) is 0 Å². The molecule has 0 aromatic heterocycles. The number of amides is 3. The Kier molecular flexibility index (Phi) is 5.79. The largest absolute Gasteiger partial charge is 0.426 e. The van der Waals surface area contributed by atoms with Crippen molar-refractivity contribution in [1.82, 2.24) is 0 Å². The minimum Gasteiger partial charge on any atom is -0.426 e. The van der Waals surface area contributed by atoms with Gasteiger partial charge in [-0.05, 0) is 69.0 Å². The highest BCUT2D eigenvalue weighted by Gasteiger charge is 2.48. The molecule has 2 saturated heterocycles. The molecule has 7 heteroatoms. The molecule has 3 unspecified atom stereocenters. The van der Waals surface area contributed by atoms with Gasteiger partial charge in [-0.2, -0.15) is 0 Å². The van der Waals surface area contributed by atoms with Gasteiger partial charge >= 0.3 is 5.97 Å². The van der Waals surface area contributed by atoms with Gasteiger partial charge in [0.05, 0.1) is 23.4 Å². The van der Waals surface area contributed by atoms with Crippen LogP contribution in [-0.2, 0) is 19.2 Å². The number of hydrogen-bond donors (Lipinski definition) is 0. The molecule has 2 fully saturated rings. The molecular weight excluding hydrogens is 444 g/mol. The number of allylic oxidation sites excluding steroid dienone is 2. The fraction of sp³-hybridized carbons (Fsp3) is 0.357. The Labute approximate surface area is 204 Å². The van der Waals surface area contributed by atoms with Gasteiger partial charge in [0, 0.05) is 24.7 Å². The van der Waals surface area contributed by atoms with Crippen LogP contribution in [0.3, 0.4) is 0 Å². The minimum absolute atomic E-state index is 0.0737. The Morgan fingerprint density at radius 2 is 1.60 bits per heavy atom. The summed E-state index contributed by atoms with van der Waals surface area (Å²) in [4.78, 5) is 54.4. The number of fused-ring (bicyclic) bond motifs is 1. The summed E-state index contributed by atoms with van der Waals surface area (Å²) in [5.74, 6) is -2.06. The molecule has 2 aromatic rings. The summed E-state index contributed by atoms with van der Waals surface area (Å²) in [5.41, 5.74) is 4.40. The van der Waals surface area contributed by atoms with E-state index in [1.165, 1.54) is 4.90 Å². The van der Waals surface area contributed by atoms with Crippen molar-refractivity contribution in [2.45, 2.75) is 40.0 Å². The summed E-state index contributed by atoms with van der Waals surface area (Å²) in [6.45, 7) is 6.17. The van der Waals surface area contributed by atoms with Gasteiger partial charge in [-0.1, -0.05) is 23.8 Å². The van der Waals surface area contributed by atoms with Crippen molar-refractivity contribution in [3.8, 4) is 5.75 Å². The number of nitrogens with zero attached hydrogens (tertiary/aromatic N) is 2. The molecule has 35 heavy (non-hydrogen) atoms. The molecule has 2 aliphatic heterocycles. The van der Waals surface area contributed by atoms with E-state index in [2.05, 4.69) is 0 Å². The summed E-state index contributed by atoms with van der Waals surface area (Å²) in [6, 6.07) is 12.4. The molecule has 0 N–H and O–H groups in total. The second kappa shape index (κ2) is 8.80. The van der Waals surface area contributed by atoms with Crippen molar-refractivity contribution >= 4 is 35.1 Å². The molecule has 7 nitrogen and oxygen atoms in total. The zero-order valence-corrected chi connectivity index (χ0v) is 20.1. The van der Waals surface area contributed by atoms with E-state index >= 15 is 0 Å². The Morgan fingerprint density at radius 1 is 0.886 bits per heavy atom. The molecule has 0 saturated carbocycles. The predicted octanol–water partition coefficient (Wildman–Crippen LogP) is 4.11. The van der Waals surface area contributed by atoms with Crippen LogP contribution in [0.2, 0.25) is 0 Å². The maximum Gasteiger partial charge on any atom is 0.316 e. The van der Waals surface area contributed by atoms with Crippen LogP contribution in [0.1, 0.15) is 37.3 Å². The number of rotatable bonds is 4. The molecule has 2 heterocycles. The molecular formula is C28H28N2O5. The van der Waals surface area contributed by atoms with E-state index in [9.17, 15) is 19.2 Å². The first-order valence-electron chi connectivity index (χ1n) is 11.9. The van der Waals surface area contributed by atoms with Gasteiger partial charge in [0.2, 0.25) is 17.7 Å². The summed E-state index contributed by atoms with van der Waals surface area (Å²) >= 11 is 0. The zero-order valence-electron chi connectivity index (χ0n) is 20.1. The molecule has 0 spiro atoms. The van der Waals surface area contributed by atoms with Crippen LogP contribution in [0, 0.1) is 31.6 Å². The van der Waals surface area contributed by atoms with E-state index in [0.717, 1.165) is 22.4 Å². The molecule has 0 radical (unpaired) electrons. The van der Waals surface area contributed by atoms with E-state index in [0.29, 0.717) is 18.5 Å².